The number of primary sulfonamides is 1. The lowest BCUT2D eigenvalue weighted by molar-refractivity contribution is 0.388. The summed E-state index contributed by atoms with van der Waals surface area (Å²) in [7, 11) is 0.0713. The van der Waals surface area contributed by atoms with Crippen molar-refractivity contribution < 1.29 is 13.2 Å². The Morgan fingerprint density at radius 3 is 2.46 bits per heavy atom. The van der Waals surface area contributed by atoms with Gasteiger partial charge in [0, 0.05) is 17.0 Å². The predicted molar refractivity (Wildman–Crippen MR) is 98.2 cm³/mol. The first-order valence-electron chi connectivity index (χ1n) is 7.33. The number of nitrogens with two attached hydrogens (primary N) is 1. The predicted octanol–water partition coefficient (Wildman–Crippen LogP) is 3.22. The molecule has 0 aliphatic rings. The first-order valence-corrected chi connectivity index (χ1v) is 10.1. The Morgan fingerprint density at radius 1 is 1.17 bits per heavy atom. The van der Waals surface area contributed by atoms with Crippen LogP contribution in [0.25, 0.3) is 0 Å². The van der Waals surface area contributed by atoms with Gasteiger partial charge in [-0.15, -0.1) is 11.8 Å². The molecular weight excluding hydrogens is 344 g/mol. The molecule has 0 aliphatic heterocycles. The van der Waals surface area contributed by atoms with Crippen LogP contribution in [-0.2, 0) is 16.6 Å². The Labute approximate surface area is 147 Å². The number of hydrogen-bond acceptors (Lipinski definition) is 5. The smallest absolute Gasteiger partial charge is 0.238 e. The molecule has 7 heteroatoms. The fourth-order valence-corrected chi connectivity index (χ4v) is 3.48. The monoisotopic (exact) mass is 366 g/mol. The quantitative estimate of drug-likeness (QED) is 0.795. The Kier molecular flexibility index (Phi) is 5.92. The molecule has 24 heavy (non-hydrogen) atoms. The largest absolute Gasteiger partial charge is 0.457 e. The molecule has 0 heterocycles. The van der Waals surface area contributed by atoms with Crippen molar-refractivity contribution in [1.29, 1.82) is 0 Å². The minimum absolute atomic E-state index is 0.0837. The van der Waals surface area contributed by atoms with E-state index in [1.807, 2.05) is 50.4 Å². The SMILES string of the molecule is CSc1cc(Oc2ccc(S(N)(=O)=O)cc2CN(C)C)ccc1C. The third-order valence-corrected chi connectivity index (χ3v) is 5.25. The molecule has 2 N–H and O–H groups in total. The first-order chi connectivity index (χ1) is 11.2. The zero-order valence-electron chi connectivity index (χ0n) is 14.2. The van der Waals surface area contributed by atoms with Crippen LogP contribution in [0.3, 0.4) is 0 Å². The second-order valence-corrected chi connectivity index (χ2v) is 8.20. The van der Waals surface area contributed by atoms with E-state index in [1.54, 1.807) is 23.9 Å². The molecule has 0 saturated heterocycles. The van der Waals surface area contributed by atoms with Crippen molar-refractivity contribution in [2.24, 2.45) is 5.14 Å². The fourth-order valence-electron chi connectivity index (χ4n) is 2.29. The van der Waals surface area contributed by atoms with Crippen molar-refractivity contribution in [2.75, 3.05) is 20.4 Å². The number of thioether (sulfide) groups is 1. The van der Waals surface area contributed by atoms with E-state index in [0.29, 0.717) is 18.0 Å². The van der Waals surface area contributed by atoms with E-state index >= 15 is 0 Å². The van der Waals surface area contributed by atoms with Crippen LogP contribution in [0, 0.1) is 6.92 Å². The number of nitrogens with zero attached hydrogens (tertiary/aromatic N) is 1. The summed E-state index contributed by atoms with van der Waals surface area (Å²) >= 11 is 1.66. The van der Waals surface area contributed by atoms with E-state index in [1.165, 1.54) is 11.6 Å². The van der Waals surface area contributed by atoms with Gasteiger partial charge in [-0.3, -0.25) is 0 Å². The zero-order chi connectivity index (χ0) is 17.9. The van der Waals surface area contributed by atoms with Crippen molar-refractivity contribution in [3.05, 3.63) is 47.5 Å². The lowest BCUT2D eigenvalue weighted by Gasteiger charge is -2.16. The Balaban J connectivity index is 2.42. The summed E-state index contributed by atoms with van der Waals surface area (Å²) in [5.74, 6) is 1.33. The molecule has 0 saturated carbocycles. The second-order valence-electron chi connectivity index (χ2n) is 5.79. The van der Waals surface area contributed by atoms with Crippen molar-refractivity contribution >= 4 is 21.8 Å². The average molecular weight is 367 g/mol. The Hall–Kier alpha value is -1.54. The molecule has 0 unspecified atom stereocenters. The normalized spacial score (nSPS) is 11.8. The van der Waals surface area contributed by atoms with Gasteiger partial charge in [-0.2, -0.15) is 0 Å². The van der Waals surface area contributed by atoms with Crippen LogP contribution in [0.1, 0.15) is 11.1 Å². The molecule has 0 fully saturated rings. The Bertz CT molecular complexity index is 834. The summed E-state index contributed by atoms with van der Waals surface area (Å²) in [6, 6.07) is 10.6. The van der Waals surface area contributed by atoms with Crippen LogP contribution >= 0.6 is 11.8 Å². The Morgan fingerprint density at radius 2 is 1.88 bits per heavy atom. The summed E-state index contributed by atoms with van der Waals surface area (Å²) in [6.07, 6.45) is 2.02. The van der Waals surface area contributed by atoms with Crippen LogP contribution in [-0.4, -0.2) is 33.7 Å². The number of ether oxygens (including phenoxy) is 1. The zero-order valence-corrected chi connectivity index (χ0v) is 15.9. The van der Waals surface area contributed by atoms with E-state index in [0.717, 1.165) is 10.5 Å². The highest BCUT2D eigenvalue weighted by Crippen LogP contribution is 2.31. The van der Waals surface area contributed by atoms with E-state index in [-0.39, 0.29) is 4.90 Å². The molecule has 5 nitrogen and oxygen atoms in total. The second kappa shape index (κ2) is 7.57. The molecule has 130 valence electrons. The number of aryl methyl sites for hydroxylation is 1. The molecule has 0 radical (unpaired) electrons. The van der Waals surface area contributed by atoms with Gasteiger partial charge < -0.3 is 9.64 Å². The average Bonchev–Trinajstić information content (AvgIpc) is 2.49. The molecule has 0 bridgehead atoms. The highest BCUT2D eigenvalue weighted by Gasteiger charge is 2.14. The maximum absolute atomic E-state index is 11.6. The summed E-state index contributed by atoms with van der Waals surface area (Å²) in [5.41, 5.74) is 1.95. The van der Waals surface area contributed by atoms with E-state index < -0.39 is 10.0 Å². The summed E-state index contributed by atoms with van der Waals surface area (Å²) in [5, 5.41) is 5.23. The van der Waals surface area contributed by atoms with Gasteiger partial charge in [-0.05, 0) is 63.2 Å². The topological polar surface area (TPSA) is 72.6 Å². The first kappa shape index (κ1) is 18.8. The molecule has 0 aromatic heterocycles. The van der Waals surface area contributed by atoms with Crippen molar-refractivity contribution in [2.45, 2.75) is 23.3 Å². The minimum Gasteiger partial charge on any atom is -0.457 e. The van der Waals surface area contributed by atoms with Gasteiger partial charge in [-0.1, -0.05) is 6.07 Å². The van der Waals surface area contributed by atoms with E-state index in [4.69, 9.17) is 9.88 Å². The van der Waals surface area contributed by atoms with Gasteiger partial charge >= 0.3 is 0 Å². The molecule has 0 amide bonds. The van der Waals surface area contributed by atoms with Crippen molar-refractivity contribution in [1.82, 2.24) is 4.90 Å². The van der Waals surface area contributed by atoms with Crippen molar-refractivity contribution in [3.63, 3.8) is 0 Å². The molecular formula is C17H22N2O3S2. The number of hydrogen-bond donors (Lipinski definition) is 1. The van der Waals surface area contributed by atoms with Crippen LogP contribution in [0.2, 0.25) is 0 Å². The molecule has 0 spiro atoms. The summed E-state index contributed by atoms with van der Waals surface area (Å²) in [6.45, 7) is 2.59. The fraction of sp³-hybridized carbons (Fsp3) is 0.294. The van der Waals surface area contributed by atoms with Crippen molar-refractivity contribution in [3.8, 4) is 11.5 Å². The molecule has 0 aliphatic carbocycles. The van der Waals surface area contributed by atoms with Crippen LogP contribution in [0.15, 0.2) is 46.2 Å². The number of rotatable bonds is 6. The minimum atomic E-state index is -3.74. The van der Waals surface area contributed by atoms with E-state index in [9.17, 15) is 8.42 Å². The van der Waals surface area contributed by atoms with Crippen LogP contribution in [0.4, 0.5) is 0 Å². The van der Waals surface area contributed by atoms with Gasteiger partial charge in [0.25, 0.3) is 0 Å². The van der Waals surface area contributed by atoms with Crippen LogP contribution < -0.4 is 9.88 Å². The maximum Gasteiger partial charge on any atom is 0.238 e. The molecule has 2 aromatic rings. The summed E-state index contributed by atoms with van der Waals surface area (Å²) in [4.78, 5) is 3.17. The van der Waals surface area contributed by atoms with Gasteiger partial charge in [0.1, 0.15) is 11.5 Å². The molecule has 2 rings (SSSR count). The lowest BCUT2D eigenvalue weighted by Crippen LogP contribution is -2.15. The van der Waals surface area contributed by atoms with Gasteiger partial charge in [0.15, 0.2) is 0 Å². The third kappa shape index (κ3) is 4.73. The van der Waals surface area contributed by atoms with E-state index in [2.05, 4.69) is 0 Å². The molecule has 2 aromatic carbocycles. The van der Waals surface area contributed by atoms with Gasteiger partial charge in [0.05, 0.1) is 4.90 Å². The van der Waals surface area contributed by atoms with Gasteiger partial charge in [-0.25, -0.2) is 13.6 Å². The van der Waals surface area contributed by atoms with Gasteiger partial charge in [0.2, 0.25) is 10.0 Å². The maximum atomic E-state index is 11.6. The number of benzene rings is 2. The lowest BCUT2D eigenvalue weighted by atomic mass is 10.2. The molecule has 0 atom stereocenters. The standard InChI is InChI=1S/C17H22N2O3S2/c1-12-5-6-14(10-17(12)23-4)22-16-8-7-15(24(18,20)21)9-13(16)11-19(2)3/h5-10H,11H2,1-4H3,(H2,18,20,21). The summed E-state index contributed by atoms with van der Waals surface area (Å²) < 4.78 is 29.2. The van der Waals surface area contributed by atoms with Crippen LogP contribution in [0.5, 0.6) is 11.5 Å². The number of sulfonamides is 1. The highest BCUT2D eigenvalue weighted by atomic mass is 32.2. The third-order valence-electron chi connectivity index (χ3n) is 3.45. The highest BCUT2D eigenvalue weighted by molar-refractivity contribution is 7.98.